The minimum atomic E-state index is -0.456. The number of thiazole rings is 1. The minimum absolute atomic E-state index is 0.206. The van der Waals surface area contributed by atoms with Crippen molar-refractivity contribution < 1.29 is 9.18 Å². The van der Waals surface area contributed by atoms with Crippen LogP contribution in [0.5, 0.6) is 0 Å². The molecule has 3 heterocycles. The molecule has 0 saturated heterocycles. The van der Waals surface area contributed by atoms with Crippen LogP contribution < -0.4 is 4.90 Å². The smallest absolute Gasteiger partial charge is 0.230 e. The monoisotopic (exact) mass is 471 g/mol. The summed E-state index contributed by atoms with van der Waals surface area (Å²) in [5, 5.41) is 14.1. The minimum Gasteiger partial charge on any atom is -0.298 e. The number of carbonyl (C=O) groups excluding carboxylic acids is 1. The van der Waals surface area contributed by atoms with Crippen LogP contribution in [0.15, 0.2) is 52.3 Å². The first-order valence-corrected chi connectivity index (χ1v) is 12.5. The molecular weight excluding hydrogens is 453 g/mol. The number of amides is 1. The van der Waals surface area contributed by atoms with Crippen molar-refractivity contribution in [3.8, 4) is 10.7 Å². The molecule has 1 fully saturated rings. The number of nitrogens with zero attached hydrogens (tertiary/aromatic N) is 5. The average molecular weight is 472 g/mol. The third-order valence-electron chi connectivity index (χ3n) is 4.81. The van der Waals surface area contributed by atoms with Gasteiger partial charge in [0.1, 0.15) is 5.82 Å². The molecule has 3 aromatic heterocycles. The highest BCUT2D eigenvalue weighted by atomic mass is 32.2. The van der Waals surface area contributed by atoms with Crippen molar-refractivity contribution in [1.82, 2.24) is 19.7 Å². The van der Waals surface area contributed by atoms with E-state index in [1.807, 2.05) is 16.8 Å². The van der Waals surface area contributed by atoms with Crippen LogP contribution in [0.4, 0.5) is 15.2 Å². The van der Waals surface area contributed by atoms with E-state index in [0.29, 0.717) is 16.9 Å². The van der Waals surface area contributed by atoms with Crippen LogP contribution in [0.1, 0.15) is 31.5 Å². The molecule has 31 heavy (non-hydrogen) atoms. The highest BCUT2D eigenvalue weighted by molar-refractivity contribution is 7.98. The lowest BCUT2D eigenvalue weighted by Crippen LogP contribution is -2.23. The summed E-state index contributed by atoms with van der Waals surface area (Å²) in [5.74, 6) is 0.769. The average Bonchev–Trinajstić information content (AvgIpc) is 3.15. The number of hydrogen-bond donors (Lipinski definition) is 0. The van der Waals surface area contributed by atoms with E-state index in [9.17, 15) is 9.18 Å². The van der Waals surface area contributed by atoms with Gasteiger partial charge < -0.3 is 0 Å². The number of thioether (sulfide) groups is 1. The van der Waals surface area contributed by atoms with Crippen LogP contribution in [0.25, 0.3) is 10.7 Å². The van der Waals surface area contributed by atoms with E-state index in [0.717, 1.165) is 34.4 Å². The normalized spacial score (nSPS) is 13.5. The number of anilines is 2. The SMILES string of the molecule is CC(=O)N(c1nc(CSc2nnc(-c3cccs3)n2C2CC2)cs1)c1ccccc1F. The molecule has 0 bridgehead atoms. The molecule has 6 nitrogen and oxygen atoms in total. The number of carbonyl (C=O) groups is 1. The lowest BCUT2D eigenvalue weighted by molar-refractivity contribution is -0.115. The molecular formula is C21H18FN5OS3. The zero-order chi connectivity index (χ0) is 21.4. The van der Waals surface area contributed by atoms with Gasteiger partial charge in [0.25, 0.3) is 0 Å². The Hall–Kier alpha value is -2.56. The van der Waals surface area contributed by atoms with Gasteiger partial charge in [-0.3, -0.25) is 14.3 Å². The van der Waals surface area contributed by atoms with Gasteiger partial charge in [0.15, 0.2) is 16.1 Å². The van der Waals surface area contributed by atoms with Gasteiger partial charge in [-0.2, -0.15) is 0 Å². The molecule has 0 atom stereocenters. The standard InChI is InChI=1S/C21H18FN5OS3/c1-13(28)26(17-6-3-2-5-16(17)22)20-23-14(11-30-20)12-31-21-25-24-19(18-7-4-10-29-18)27(21)15-8-9-15/h2-7,10-11,15H,8-9,12H2,1H3. The van der Waals surface area contributed by atoms with Gasteiger partial charge in [0, 0.05) is 24.1 Å². The lowest BCUT2D eigenvalue weighted by atomic mass is 10.3. The number of hydrogen-bond acceptors (Lipinski definition) is 7. The van der Waals surface area contributed by atoms with Gasteiger partial charge in [-0.05, 0) is 36.4 Å². The van der Waals surface area contributed by atoms with E-state index in [1.165, 1.54) is 29.2 Å². The molecule has 158 valence electrons. The molecule has 1 amide bonds. The van der Waals surface area contributed by atoms with E-state index in [-0.39, 0.29) is 11.6 Å². The number of halogens is 1. The second kappa shape index (κ2) is 8.52. The van der Waals surface area contributed by atoms with E-state index >= 15 is 0 Å². The predicted molar refractivity (Wildman–Crippen MR) is 123 cm³/mol. The number of para-hydroxylation sites is 1. The van der Waals surface area contributed by atoms with Gasteiger partial charge >= 0.3 is 0 Å². The molecule has 0 N–H and O–H groups in total. The second-order valence-electron chi connectivity index (χ2n) is 7.10. The van der Waals surface area contributed by atoms with Crippen molar-refractivity contribution in [2.75, 3.05) is 4.90 Å². The van der Waals surface area contributed by atoms with Crippen LogP contribution in [0.3, 0.4) is 0 Å². The van der Waals surface area contributed by atoms with E-state index in [1.54, 1.807) is 41.3 Å². The number of rotatable bonds is 7. The molecule has 1 aliphatic carbocycles. The Kier molecular flexibility index (Phi) is 5.59. The molecule has 1 saturated carbocycles. The summed E-state index contributed by atoms with van der Waals surface area (Å²) in [6, 6.07) is 10.8. The fourth-order valence-corrected chi connectivity index (χ4v) is 5.84. The fourth-order valence-electron chi connectivity index (χ4n) is 3.26. The zero-order valence-corrected chi connectivity index (χ0v) is 19.0. The van der Waals surface area contributed by atoms with Crippen LogP contribution in [-0.4, -0.2) is 25.7 Å². The second-order valence-corrected chi connectivity index (χ2v) is 9.83. The third-order valence-corrected chi connectivity index (χ3v) is 7.52. The lowest BCUT2D eigenvalue weighted by Gasteiger charge is -2.18. The fraction of sp³-hybridized carbons (Fsp3) is 0.238. The van der Waals surface area contributed by atoms with Crippen molar-refractivity contribution in [2.45, 2.75) is 36.7 Å². The molecule has 0 radical (unpaired) electrons. The summed E-state index contributed by atoms with van der Waals surface area (Å²) in [5.41, 5.74) is 1.02. The number of aromatic nitrogens is 4. The summed E-state index contributed by atoms with van der Waals surface area (Å²) in [4.78, 5) is 19.2. The Morgan fingerprint density at radius 1 is 1.23 bits per heavy atom. The van der Waals surface area contributed by atoms with Gasteiger partial charge in [-0.15, -0.1) is 32.9 Å². The molecule has 4 aromatic rings. The van der Waals surface area contributed by atoms with Crippen molar-refractivity contribution >= 4 is 51.2 Å². The molecule has 1 aliphatic rings. The van der Waals surface area contributed by atoms with E-state index < -0.39 is 5.82 Å². The molecule has 0 spiro atoms. The highest BCUT2D eigenvalue weighted by Crippen LogP contribution is 2.42. The number of thiophene rings is 1. The molecule has 0 aliphatic heterocycles. The summed E-state index contributed by atoms with van der Waals surface area (Å²) < 4.78 is 16.5. The van der Waals surface area contributed by atoms with Crippen LogP contribution in [-0.2, 0) is 10.5 Å². The van der Waals surface area contributed by atoms with Gasteiger partial charge in [-0.25, -0.2) is 9.37 Å². The first kappa shape index (κ1) is 20.3. The van der Waals surface area contributed by atoms with Crippen LogP contribution >= 0.6 is 34.4 Å². The van der Waals surface area contributed by atoms with Crippen LogP contribution in [0.2, 0.25) is 0 Å². The molecule has 0 unspecified atom stereocenters. The third kappa shape index (κ3) is 4.15. The Labute approximate surface area is 190 Å². The summed E-state index contributed by atoms with van der Waals surface area (Å²) in [7, 11) is 0. The molecule has 10 heteroatoms. The van der Waals surface area contributed by atoms with E-state index in [2.05, 4.69) is 25.8 Å². The van der Waals surface area contributed by atoms with Crippen molar-refractivity contribution in [3.63, 3.8) is 0 Å². The van der Waals surface area contributed by atoms with E-state index in [4.69, 9.17) is 0 Å². The Bertz CT molecular complexity index is 1220. The zero-order valence-electron chi connectivity index (χ0n) is 16.6. The maximum atomic E-state index is 14.3. The van der Waals surface area contributed by atoms with Crippen molar-refractivity contribution in [1.29, 1.82) is 0 Å². The van der Waals surface area contributed by atoms with Crippen molar-refractivity contribution in [2.24, 2.45) is 0 Å². The topological polar surface area (TPSA) is 63.9 Å². The van der Waals surface area contributed by atoms with Gasteiger partial charge in [0.05, 0.1) is 16.3 Å². The highest BCUT2D eigenvalue weighted by Gasteiger charge is 2.30. The van der Waals surface area contributed by atoms with Gasteiger partial charge in [-0.1, -0.05) is 30.0 Å². The predicted octanol–water partition coefficient (Wildman–Crippen LogP) is 5.91. The maximum absolute atomic E-state index is 14.3. The number of benzene rings is 1. The first-order valence-electron chi connectivity index (χ1n) is 9.73. The van der Waals surface area contributed by atoms with Crippen molar-refractivity contribution in [3.05, 3.63) is 58.7 Å². The Morgan fingerprint density at radius 3 is 2.77 bits per heavy atom. The molecule has 5 rings (SSSR count). The summed E-state index contributed by atoms with van der Waals surface area (Å²) in [6.45, 7) is 1.41. The quantitative estimate of drug-likeness (QED) is 0.313. The maximum Gasteiger partial charge on any atom is 0.230 e. The first-order chi connectivity index (χ1) is 15.1. The van der Waals surface area contributed by atoms with Gasteiger partial charge in [0.2, 0.25) is 5.91 Å². The largest absolute Gasteiger partial charge is 0.298 e. The van der Waals surface area contributed by atoms with Crippen LogP contribution in [0, 0.1) is 5.82 Å². The summed E-state index contributed by atoms with van der Waals surface area (Å²) in [6.07, 6.45) is 2.28. The summed E-state index contributed by atoms with van der Waals surface area (Å²) >= 11 is 4.56. The molecule has 1 aromatic carbocycles. The Balaban J connectivity index is 1.36. The Morgan fingerprint density at radius 2 is 2.06 bits per heavy atom.